The molecule has 122 valence electrons. The van der Waals surface area contributed by atoms with Crippen LogP contribution in [0.5, 0.6) is 0 Å². The van der Waals surface area contributed by atoms with Gasteiger partial charge in [-0.05, 0) is 25.8 Å². The number of aliphatic hydroxyl groups is 1. The van der Waals surface area contributed by atoms with E-state index in [2.05, 4.69) is 10.6 Å². The first-order valence-corrected chi connectivity index (χ1v) is 9.37. The summed E-state index contributed by atoms with van der Waals surface area (Å²) in [5.41, 5.74) is 0. The molecule has 0 aromatic carbocycles. The highest BCUT2D eigenvalue weighted by Crippen LogP contribution is 2.11. The molecule has 0 bridgehead atoms. The molecule has 1 amide bonds. The molecule has 2 rings (SSSR count). The zero-order valence-electron chi connectivity index (χ0n) is 12.3. The van der Waals surface area contributed by atoms with E-state index >= 15 is 0 Å². The first-order chi connectivity index (χ1) is 9.98. The molecule has 0 aromatic heterocycles. The fourth-order valence-electron chi connectivity index (χ4n) is 2.99. The van der Waals surface area contributed by atoms with Gasteiger partial charge in [0.15, 0.2) is 9.84 Å². The molecule has 2 heterocycles. The van der Waals surface area contributed by atoms with Gasteiger partial charge in [0.25, 0.3) is 0 Å². The predicted octanol–water partition coefficient (Wildman–Crippen LogP) is -1.66. The number of nitrogens with one attached hydrogen (secondary N) is 2. The number of sulfone groups is 1. The van der Waals surface area contributed by atoms with E-state index in [0.717, 1.165) is 25.9 Å². The van der Waals surface area contributed by atoms with Crippen LogP contribution >= 0.6 is 0 Å². The van der Waals surface area contributed by atoms with Crippen LogP contribution in [0.1, 0.15) is 19.3 Å². The lowest BCUT2D eigenvalue weighted by Crippen LogP contribution is -2.46. The molecule has 3 N–H and O–H groups in total. The van der Waals surface area contributed by atoms with Crippen molar-refractivity contribution in [3.63, 3.8) is 0 Å². The van der Waals surface area contributed by atoms with Crippen molar-refractivity contribution in [1.82, 2.24) is 15.5 Å². The molecule has 0 aliphatic carbocycles. The zero-order valence-corrected chi connectivity index (χ0v) is 13.1. The summed E-state index contributed by atoms with van der Waals surface area (Å²) in [5, 5.41) is 15.3. The third kappa shape index (κ3) is 5.54. The van der Waals surface area contributed by atoms with Crippen LogP contribution < -0.4 is 10.6 Å². The second-order valence-electron chi connectivity index (χ2n) is 5.92. The van der Waals surface area contributed by atoms with Crippen molar-refractivity contribution in [2.24, 2.45) is 0 Å². The Morgan fingerprint density at radius 2 is 2.19 bits per heavy atom. The first-order valence-electron chi connectivity index (χ1n) is 7.55. The number of nitrogens with zero attached hydrogens (tertiary/aromatic N) is 1. The lowest BCUT2D eigenvalue weighted by Gasteiger charge is -2.25. The Balaban J connectivity index is 1.77. The van der Waals surface area contributed by atoms with E-state index in [-0.39, 0.29) is 36.6 Å². The van der Waals surface area contributed by atoms with Gasteiger partial charge in [0.1, 0.15) is 0 Å². The molecule has 2 fully saturated rings. The summed E-state index contributed by atoms with van der Waals surface area (Å²) in [4.78, 5) is 13.9. The van der Waals surface area contributed by atoms with Gasteiger partial charge in [0, 0.05) is 25.2 Å². The Labute approximate surface area is 126 Å². The topological polar surface area (TPSA) is 98.7 Å². The van der Waals surface area contributed by atoms with Crippen LogP contribution in [0.25, 0.3) is 0 Å². The average molecular weight is 319 g/mol. The second-order valence-corrected chi connectivity index (χ2v) is 8.15. The fourth-order valence-corrected chi connectivity index (χ4v) is 4.66. The Kier molecular flexibility index (Phi) is 5.98. The monoisotopic (exact) mass is 319 g/mol. The summed E-state index contributed by atoms with van der Waals surface area (Å²) in [6.07, 6.45) is 2.73. The van der Waals surface area contributed by atoms with Crippen molar-refractivity contribution in [3.05, 3.63) is 0 Å². The van der Waals surface area contributed by atoms with Crippen molar-refractivity contribution < 1.29 is 18.3 Å². The standard InChI is InChI=1S/C13H25N3O4S/c17-6-5-16(8-11-2-1-4-14-11)9-13(18)15-12-3-7-21(19,20)10-12/h11-12,14,17H,1-10H2,(H,15,18). The van der Waals surface area contributed by atoms with Gasteiger partial charge >= 0.3 is 0 Å². The van der Waals surface area contributed by atoms with Crippen molar-refractivity contribution in [2.75, 3.05) is 44.3 Å². The SMILES string of the molecule is O=C(CN(CCO)CC1CCCN1)NC1CCS(=O)(=O)C1. The molecule has 2 atom stereocenters. The van der Waals surface area contributed by atoms with Crippen LogP contribution in [0, 0.1) is 0 Å². The molecule has 0 aromatic rings. The molecule has 2 unspecified atom stereocenters. The van der Waals surface area contributed by atoms with Crippen LogP contribution in [0.2, 0.25) is 0 Å². The Morgan fingerprint density at radius 1 is 1.38 bits per heavy atom. The van der Waals surface area contributed by atoms with Crippen molar-refractivity contribution in [3.8, 4) is 0 Å². The highest BCUT2D eigenvalue weighted by Gasteiger charge is 2.29. The summed E-state index contributed by atoms with van der Waals surface area (Å²) >= 11 is 0. The first kappa shape index (κ1) is 16.7. The molecule has 21 heavy (non-hydrogen) atoms. The molecule has 0 spiro atoms. The molecule has 0 radical (unpaired) electrons. The van der Waals surface area contributed by atoms with Gasteiger partial charge < -0.3 is 15.7 Å². The number of carbonyl (C=O) groups excluding carboxylic acids is 1. The van der Waals surface area contributed by atoms with Crippen LogP contribution in [0.15, 0.2) is 0 Å². The molecular formula is C13H25N3O4S. The smallest absolute Gasteiger partial charge is 0.234 e. The highest BCUT2D eigenvalue weighted by atomic mass is 32.2. The van der Waals surface area contributed by atoms with Gasteiger partial charge in [-0.15, -0.1) is 0 Å². The highest BCUT2D eigenvalue weighted by molar-refractivity contribution is 7.91. The minimum absolute atomic E-state index is 0.0117. The minimum atomic E-state index is -2.98. The van der Waals surface area contributed by atoms with Crippen molar-refractivity contribution >= 4 is 15.7 Å². The number of carbonyl (C=O) groups is 1. The van der Waals surface area contributed by atoms with Gasteiger partial charge in [-0.3, -0.25) is 9.69 Å². The number of hydrogen-bond acceptors (Lipinski definition) is 6. The lowest BCUT2D eigenvalue weighted by molar-refractivity contribution is -0.123. The molecule has 7 nitrogen and oxygen atoms in total. The number of aliphatic hydroxyl groups excluding tert-OH is 1. The molecular weight excluding hydrogens is 294 g/mol. The summed E-state index contributed by atoms with van der Waals surface area (Å²) < 4.78 is 22.7. The minimum Gasteiger partial charge on any atom is -0.395 e. The maximum atomic E-state index is 12.0. The zero-order chi connectivity index (χ0) is 15.3. The second kappa shape index (κ2) is 7.53. The van der Waals surface area contributed by atoms with Gasteiger partial charge in [-0.25, -0.2) is 8.42 Å². The van der Waals surface area contributed by atoms with Gasteiger partial charge in [-0.2, -0.15) is 0 Å². The number of amides is 1. The molecule has 0 saturated carbocycles. The van der Waals surface area contributed by atoms with E-state index in [1.165, 1.54) is 0 Å². The van der Waals surface area contributed by atoms with Crippen LogP contribution in [-0.2, 0) is 14.6 Å². The molecule has 2 saturated heterocycles. The lowest BCUT2D eigenvalue weighted by atomic mass is 10.2. The third-order valence-corrected chi connectivity index (χ3v) is 5.79. The van der Waals surface area contributed by atoms with Gasteiger partial charge in [0.2, 0.25) is 5.91 Å². The molecule has 8 heteroatoms. The summed E-state index contributed by atoms with van der Waals surface area (Å²) in [5.74, 6) is 0.0382. The maximum absolute atomic E-state index is 12.0. The van der Waals surface area contributed by atoms with Crippen LogP contribution in [-0.4, -0.2) is 80.7 Å². The predicted molar refractivity (Wildman–Crippen MR) is 79.8 cm³/mol. The van der Waals surface area contributed by atoms with E-state index in [9.17, 15) is 13.2 Å². The van der Waals surface area contributed by atoms with E-state index in [0.29, 0.717) is 19.0 Å². The summed E-state index contributed by atoms with van der Waals surface area (Å²) in [6, 6.07) is 0.110. The Hall–Kier alpha value is -0.700. The fraction of sp³-hybridized carbons (Fsp3) is 0.923. The van der Waals surface area contributed by atoms with Crippen molar-refractivity contribution in [1.29, 1.82) is 0 Å². The van der Waals surface area contributed by atoms with Gasteiger partial charge in [-0.1, -0.05) is 0 Å². The van der Waals surface area contributed by atoms with E-state index in [1.54, 1.807) is 0 Å². The summed E-state index contributed by atoms with van der Waals surface area (Å²) in [6.45, 7) is 2.41. The molecule has 2 aliphatic rings. The number of rotatable bonds is 7. The average Bonchev–Trinajstić information content (AvgIpc) is 2.99. The normalized spacial score (nSPS) is 28.1. The molecule has 2 aliphatic heterocycles. The van der Waals surface area contributed by atoms with E-state index in [4.69, 9.17) is 5.11 Å². The Bertz CT molecular complexity index is 448. The number of hydrogen-bond donors (Lipinski definition) is 3. The Morgan fingerprint density at radius 3 is 2.76 bits per heavy atom. The maximum Gasteiger partial charge on any atom is 0.234 e. The van der Waals surface area contributed by atoms with Crippen LogP contribution in [0.3, 0.4) is 0 Å². The van der Waals surface area contributed by atoms with E-state index in [1.807, 2.05) is 4.90 Å². The summed E-state index contributed by atoms with van der Waals surface area (Å²) in [7, 11) is -2.98. The largest absolute Gasteiger partial charge is 0.395 e. The van der Waals surface area contributed by atoms with Gasteiger partial charge in [0.05, 0.1) is 24.7 Å². The van der Waals surface area contributed by atoms with Crippen LogP contribution in [0.4, 0.5) is 0 Å². The van der Waals surface area contributed by atoms with E-state index < -0.39 is 9.84 Å². The quantitative estimate of drug-likeness (QED) is 0.519. The third-order valence-electron chi connectivity index (χ3n) is 4.02. The van der Waals surface area contributed by atoms with Crippen molar-refractivity contribution in [2.45, 2.75) is 31.3 Å².